The monoisotopic (exact) mass is 333 g/mol. The number of rotatable bonds is 5. The molecule has 1 N–H and O–H groups in total. The molecule has 1 amide bonds. The summed E-state index contributed by atoms with van der Waals surface area (Å²) in [6.45, 7) is 2.74. The molecule has 3 rings (SSSR count). The van der Waals surface area contributed by atoms with E-state index in [1.54, 1.807) is 0 Å². The third-order valence-corrected chi connectivity index (χ3v) is 4.63. The van der Waals surface area contributed by atoms with Crippen LogP contribution in [0.3, 0.4) is 0 Å². The second-order valence-electron chi connectivity index (χ2n) is 6.58. The normalized spacial score (nSPS) is 17.6. The van der Waals surface area contributed by atoms with Crippen molar-refractivity contribution in [2.75, 3.05) is 18.4 Å². The molecule has 1 saturated heterocycles. The molecular weight excluding hydrogens is 310 g/mol. The van der Waals surface area contributed by atoms with E-state index in [0.717, 1.165) is 43.7 Å². The molecule has 0 aromatic heterocycles. The molecule has 1 heterocycles. The minimum absolute atomic E-state index is 0.0243. The summed E-state index contributed by atoms with van der Waals surface area (Å²) in [6.07, 6.45) is 2.38. The van der Waals surface area contributed by atoms with Crippen molar-refractivity contribution >= 4 is 11.6 Å². The number of amides is 1. The number of hydrogen-bond donors (Lipinski definition) is 1. The fourth-order valence-electron chi connectivity index (χ4n) is 3.30. The van der Waals surface area contributed by atoms with Gasteiger partial charge in [0.25, 0.3) is 0 Å². The summed E-state index contributed by atoms with van der Waals surface area (Å²) in [6, 6.07) is 20.0. The van der Waals surface area contributed by atoms with Gasteiger partial charge in [-0.05, 0) is 42.6 Å². The first-order chi connectivity index (χ1) is 12.2. The smallest absolute Gasteiger partial charge is 0.228 e. The van der Waals surface area contributed by atoms with Gasteiger partial charge in [0.15, 0.2) is 0 Å². The molecule has 4 heteroatoms. The number of anilines is 1. The lowest BCUT2D eigenvalue weighted by molar-refractivity contribution is -0.121. The Kier molecular flexibility index (Phi) is 5.81. The molecule has 2 aromatic carbocycles. The number of nitrogens with one attached hydrogen (secondary N) is 1. The van der Waals surface area contributed by atoms with E-state index < -0.39 is 0 Å². The molecule has 0 aliphatic carbocycles. The summed E-state index contributed by atoms with van der Waals surface area (Å²) in [5, 5.41) is 11.7. The van der Waals surface area contributed by atoms with Crippen molar-refractivity contribution in [2.45, 2.75) is 25.8 Å². The van der Waals surface area contributed by atoms with Crippen LogP contribution in [0.4, 0.5) is 5.69 Å². The van der Waals surface area contributed by atoms with Gasteiger partial charge in [0.2, 0.25) is 5.91 Å². The predicted molar refractivity (Wildman–Crippen MR) is 98.8 cm³/mol. The molecule has 0 bridgehead atoms. The Bertz CT molecular complexity index is 734. The van der Waals surface area contributed by atoms with Gasteiger partial charge in [-0.1, -0.05) is 42.5 Å². The van der Waals surface area contributed by atoms with E-state index in [9.17, 15) is 4.79 Å². The lowest BCUT2D eigenvalue weighted by Crippen LogP contribution is -2.40. The third kappa shape index (κ3) is 4.91. The molecule has 0 saturated carbocycles. The van der Waals surface area contributed by atoms with Crippen LogP contribution in [-0.2, 0) is 17.8 Å². The highest BCUT2D eigenvalue weighted by atomic mass is 16.1. The maximum Gasteiger partial charge on any atom is 0.228 e. The summed E-state index contributed by atoms with van der Waals surface area (Å²) in [5.41, 5.74) is 3.05. The van der Waals surface area contributed by atoms with E-state index in [1.807, 2.05) is 30.3 Å². The summed E-state index contributed by atoms with van der Waals surface area (Å²) < 4.78 is 0. The topological polar surface area (TPSA) is 56.1 Å². The molecule has 2 aromatic rings. The van der Waals surface area contributed by atoms with Crippen LogP contribution in [0, 0.1) is 17.2 Å². The van der Waals surface area contributed by atoms with Crippen LogP contribution in [0.5, 0.6) is 0 Å². The minimum Gasteiger partial charge on any atom is -0.326 e. The zero-order chi connectivity index (χ0) is 17.5. The molecule has 4 nitrogen and oxygen atoms in total. The number of benzene rings is 2. The largest absolute Gasteiger partial charge is 0.326 e. The lowest BCUT2D eigenvalue weighted by Gasteiger charge is -2.32. The van der Waals surface area contributed by atoms with E-state index in [-0.39, 0.29) is 11.8 Å². The highest BCUT2D eigenvalue weighted by molar-refractivity contribution is 5.92. The van der Waals surface area contributed by atoms with Crippen molar-refractivity contribution in [3.05, 3.63) is 65.7 Å². The Morgan fingerprint density at radius 1 is 1.12 bits per heavy atom. The molecule has 0 radical (unpaired) electrons. The second kappa shape index (κ2) is 8.46. The first-order valence-electron chi connectivity index (χ1n) is 8.77. The molecule has 1 atom stereocenters. The van der Waals surface area contributed by atoms with E-state index in [0.29, 0.717) is 6.42 Å². The highest BCUT2D eigenvalue weighted by Gasteiger charge is 2.25. The van der Waals surface area contributed by atoms with E-state index >= 15 is 0 Å². The van der Waals surface area contributed by atoms with Gasteiger partial charge in [-0.15, -0.1) is 0 Å². The first-order valence-corrected chi connectivity index (χ1v) is 8.77. The van der Waals surface area contributed by atoms with E-state index in [4.69, 9.17) is 5.26 Å². The van der Waals surface area contributed by atoms with E-state index in [1.165, 1.54) is 5.56 Å². The number of carbonyl (C=O) groups excluding carboxylic acids is 1. The van der Waals surface area contributed by atoms with Gasteiger partial charge in [-0.2, -0.15) is 5.26 Å². The number of likely N-dealkylation sites (tertiary alicyclic amines) is 1. The molecule has 0 unspecified atom stereocenters. The molecule has 128 valence electrons. The number of nitriles is 1. The van der Waals surface area contributed by atoms with Crippen LogP contribution in [0.25, 0.3) is 0 Å². The van der Waals surface area contributed by atoms with Gasteiger partial charge in [0.1, 0.15) is 0 Å². The van der Waals surface area contributed by atoms with Crippen LogP contribution in [0.1, 0.15) is 24.0 Å². The van der Waals surface area contributed by atoms with Crippen molar-refractivity contribution in [2.24, 2.45) is 5.92 Å². The lowest BCUT2D eigenvalue weighted by atomic mass is 9.96. The van der Waals surface area contributed by atoms with Gasteiger partial charge in [-0.25, -0.2) is 0 Å². The van der Waals surface area contributed by atoms with Crippen molar-refractivity contribution < 1.29 is 4.79 Å². The highest BCUT2D eigenvalue weighted by Crippen LogP contribution is 2.20. The first kappa shape index (κ1) is 17.2. The maximum atomic E-state index is 12.6. The average molecular weight is 333 g/mol. The zero-order valence-corrected chi connectivity index (χ0v) is 14.3. The standard InChI is InChI=1S/C21H23N3O/c22-13-12-17-8-10-20(11-9-17)23-21(25)19-7-4-14-24(16-19)15-18-5-2-1-3-6-18/h1-3,5-6,8-11,19H,4,7,12,14-16H2,(H,23,25)/t19-/m0/s1. The van der Waals surface area contributed by atoms with Crippen molar-refractivity contribution in [1.82, 2.24) is 4.90 Å². The predicted octanol–water partition coefficient (Wildman–Crippen LogP) is 3.60. The Morgan fingerprint density at radius 2 is 1.88 bits per heavy atom. The van der Waals surface area contributed by atoms with Crippen molar-refractivity contribution in [3.8, 4) is 6.07 Å². The summed E-state index contributed by atoms with van der Waals surface area (Å²) in [5.74, 6) is 0.113. The molecule has 1 aliphatic rings. The average Bonchev–Trinajstić information content (AvgIpc) is 2.65. The van der Waals surface area contributed by atoms with Crippen LogP contribution >= 0.6 is 0 Å². The molecule has 25 heavy (non-hydrogen) atoms. The van der Waals surface area contributed by atoms with Gasteiger partial charge in [0.05, 0.1) is 18.4 Å². The van der Waals surface area contributed by atoms with Crippen LogP contribution in [-0.4, -0.2) is 23.9 Å². The Labute approximate surface area is 149 Å². The Hall–Kier alpha value is -2.64. The van der Waals surface area contributed by atoms with Crippen LogP contribution in [0.15, 0.2) is 54.6 Å². The molecular formula is C21H23N3O. The fraction of sp³-hybridized carbons (Fsp3) is 0.333. The van der Waals surface area contributed by atoms with Gasteiger partial charge in [0, 0.05) is 18.8 Å². The quantitative estimate of drug-likeness (QED) is 0.909. The van der Waals surface area contributed by atoms with Crippen LogP contribution < -0.4 is 5.32 Å². The third-order valence-electron chi connectivity index (χ3n) is 4.63. The molecule has 0 spiro atoms. The zero-order valence-electron chi connectivity index (χ0n) is 14.3. The number of nitrogens with zero attached hydrogens (tertiary/aromatic N) is 2. The maximum absolute atomic E-state index is 12.6. The minimum atomic E-state index is 0.0243. The summed E-state index contributed by atoms with van der Waals surface area (Å²) >= 11 is 0. The Balaban J connectivity index is 1.55. The van der Waals surface area contributed by atoms with Crippen molar-refractivity contribution in [1.29, 1.82) is 5.26 Å². The van der Waals surface area contributed by atoms with Crippen molar-refractivity contribution in [3.63, 3.8) is 0 Å². The van der Waals surface area contributed by atoms with Crippen LogP contribution in [0.2, 0.25) is 0 Å². The number of piperidine rings is 1. The van der Waals surface area contributed by atoms with Gasteiger partial charge < -0.3 is 5.32 Å². The summed E-state index contributed by atoms with van der Waals surface area (Å²) in [4.78, 5) is 14.9. The SMILES string of the molecule is N#CCc1ccc(NC(=O)[C@H]2CCCN(Cc3ccccc3)C2)cc1. The number of carbonyl (C=O) groups is 1. The Morgan fingerprint density at radius 3 is 2.60 bits per heavy atom. The molecule has 1 fully saturated rings. The summed E-state index contributed by atoms with van der Waals surface area (Å²) in [7, 11) is 0. The number of hydrogen-bond acceptors (Lipinski definition) is 3. The van der Waals surface area contributed by atoms with Gasteiger partial charge >= 0.3 is 0 Å². The fourth-order valence-corrected chi connectivity index (χ4v) is 3.30. The molecule has 1 aliphatic heterocycles. The van der Waals surface area contributed by atoms with E-state index in [2.05, 4.69) is 40.6 Å². The second-order valence-corrected chi connectivity index (χ2v) is 6.58. The van der Waals surface area contributed by atoms with Gasteiger partial charge in [-0.3, -0.25) is 9.69 Å².